The Hall–Kier alpha value is -0.610. The van der Waals surface area contributed by atoms with Crippen LogP contribution in [0.4, 0.5) is 0 Å². The van der Waals surface area contributed by atoms with Crippen LogP contribution in [0.5, 0.6) is 0 Å². The Labute approximate surface area is 90.5 Å². The van der Waals surface area contributed by atoms with E-state index in [1.807, 2.05) is 0 Å². The van der Waals surface area contributed by atoms with Gasteiger partial charge in [-0.25, -0.2) is 0 Å². The normalized spacial score (nSPS) is 27.7. The third-order valence-corrected chi connectivity index (χ3v) is 3.26. The Morgan fingerprint density at radius 3 is 2.87 bits per heavy atom. The molecule has 1 heterocycles. The van der Waals surface area contributed by atoms with Gasteiger partial charge in [-0.1, -0.05) is 0 Å². The molecule has 3 N–H and O–H groups in total. The zero-order valence-electron chi connectivity index (χ0n) is 9.08. The highest BCUT2D eigenvalue weighted by atomic mass is 16.5. The first kappa shape index (κ1) is 10.9. The van der Waals surface area contributed by atoms with Gasteiger partial charge >= 0.3 is 0 Å². The number of nitrogens with two attached hydrogens (primary N) is 1. The van der Waals surface area contributed by atoms with E-state index in [0.29, 0.717) is 24.8 Å². The Morgan fingerprint density at radius 1 is 1.47 bits per heavy atom. The SMILES string of the molecule is NC(CNC(=O)CC1CCOC1)C1CC1. The number of rotatable bonds is 5. The Bertz CT molecular complexity index is 223. The molecule has 2 fully saturated rings. The van der Waals surface area contributed by atoms with Gasteiger partial charge in [0, 0.05) is 32.2 Å². The summed E-state index contributed by atoms with van der Waals surface area (Å²) in [6.07, 6.45) is 4.07. The van der Waals surface area contributed by atoms with Gasteiger partial charge in [-0.15, -0.1) is 0 Å². The second-order valence-electron chi connectivity index (χ2n) is 4.74. The van der Waals surface area contributed by atoms with Crippen LogP contribution in [0.2, 0.25) is 0 Å². The van der Waals surface area contributed by atoms with E-state index in [1.165, 1.54) is 12.8 Å². The molecule has 1 aliphatic heterocycles. The van der Waals surface area contributed by atoms with Crippen LogP contribution in [-0.2, 0) is 9.53 Å². The maximum absolute atomic E-state index is 11.5. The molecule has 1 aliphatic carbocycles. The summed E-state index contributed by atoms with van der Waals surface area (Å²) in [5, 5.41) is 2.91. The topological polar surface area (TPSA) is 64.3 Å². The van der Waals surface area contributed by atoms with Gasteiger partial charge in [0.2, 0.25) is 5.91 Å². The van der Waals surface area contributed by atoms with Crippen molar-refractivity contribution in [2.75, 3.05) is 19.8 Å². The molecule has 1 amide bonds. The minimum absolute atomic E-state index is 0.126. The van der Waals surface area contributed by atoms with Gasteiger partial charge in [0.25, 0.3) is 0 Å². The van der Waals surface area contributed by atoms with E-state index in [4.69, 9.17) is 10.5 Å². The van der Waals surface area contributed by atoms with Crippen LogP contribution in [0.1, 0.15) is 25.7 Å². The first-order chi connectivity index (χ1) is 7.25. The van der Waals surface area contributed by atoms with Gasteiger partial charge in [0.05, 0.1) is 0 Å². The highest BCUT2D eigenvalue weighted by Crippen LogP contribution is 2.31. The van der Waals surface area contributed by atoms with E-state index >= 15 is 0 Å². The predicted octanol–water partition coefficient (Wildman–Crippen LogP) is 0.266. The van der Waals surface area contributed by atoms with E-state index < -0.39 is 0 Å². The van der Waals surface area contributed by atoms with Crippen molar-refractivity contribution in [2.45, 2.75) is 31.7 Å². The summed E-state index contributed by atoms with van der Waals surface area (Å²) in [4.78, 5) is 11.5. The van der Waals surface area contributed by atoms with Gasteiger partial charge in [0.15, 0.2) is 0 Å². The van der Waals surface area contributed by atoms with Crippen LogP contribution in [0, 0.1) is 11.8 Å². The molecule has 2 rings (SSSR count). The largest absolute Gasteiger partial charge is 0.381 e. The molecule has 4 nitrogen and oxygen atoms in total. The molecule has 86 valence electrons. The third kappa shape index (κ3) is 3.47. The molecule has 1 saturated carbocycles. The Kier molecular flexibility index (Phi) is 3.59. The number of hydrogen-bond acceptors (Lipinski definition) is 3. The molecule has 0 radical (unpaired) electrons. The summed E-state index contributed by atoms with van der Waals surface area (Å²) >= 11 is 0. The maximum atomic E-state index is 11.5. The van der Waals surface area contributed by atoms with Crippen molar-refractivity contribution < 1.29 is 9.53 Å². The van der Waals surface area contributed by atoms with Crippen molar-refractivity contribution in [1.29, 1.82) is 0 Å². The summed E-state index contributed by atoms with van der Waals surface area (Å²) < 4.78 is 5.23. The summed E-state index contributed by atoms with van der Waals surface area (Å²) in [6, 6.07) is 0.161. The predicted molar refractivity (Wildman–Crippen MR) is 57.3 cm³/mol. The quantitative estimate of drug-likeness (QED) is 0.687. The summed E-state index contributed by atoms with van der Waals surface area (Å²) in [6.45, 7) is 2.18. The maximum Gasteiger partial charge on any atom is 0.220 e. The molecule has 15 heavy (non-hydrogen) atoms. The van der Waals surface area contributed by atoms with Crippen molar-refractivity contribution in [3.63, 3.8) is 0 Å². The summed E-state index contributed by atoms with van der Waals surface area (Å²) in [7, 11) is 0. The van der Waals surface area contributed by atoms with Gasteiger partial charge in [0.1, 0.15) is 0 Å². The summed E-state index contributed by atoms with van der Waals surface area (Å²) in [5.41, 5.74) is 5.90. The standard InChI is InChI=1S/C11H20N2O2/c12-10(9-1-2-9)6-13-11(14)5-8-3-4-15-7-8/h8-10H,1-7,12H2,(H,13,14). The van der Waals surface area contributed by atoms with E-state index in [-0.39, 0.29) is 11.9 Å². The minimum Gasteiger partial charge on any atom is -0.381 e. The minimum atomic E-state index is 0.126. The smallest absolute Gasteiger partial charge is 0.220 e. The molecule has 2 unspecified atom stereocenters. The molecule has 2 aliphatic rings. The molecule has 0 bridgehead atoms. The fourth-order valence-corrected chi connectivity index (χ4v) is 2.00. The van der Waals surface area contributed by atoms with Crippen LogP contribution in [0.25, 0.3) is 0 Å². The molecule has 4 heteroatoms. The fourth-order valence-electron chi connectivity index (χ4n) is 2.00. The number of carbonyl (C=O) groups is 1. The highest BCUT2D eigenvalue weighted by Gasteiger charge is 2.28. The number of carbonyl (C=O) groups excluding carboxylic acids is 1. The first-order valence-electron chi connectivity index (χ1n) is 5.85. The van der Waals surface area contributed by atoms with E-state index in [9.17, 15) is 4.79 Å². The average Bonchev–Trinajstić information content (AvgIpc) is 2.95. The van der Waals surface area contributed by atoms with Crippen LogP contribution in [0.3, 0.4) is 0 Å². The molecule has 0 spiro atoms. The van der Waals surface area contributed by atoms with Crippen molar-refractivity contribution in [3.05, 3.63) is 0 Å². The molecule has 0 aromatic carbocycles. The van der Waals surface area contributed by atoms with E-state index in [1.54, 1.807) is 0 Å². The molecular weight excluding hydrogens is 192 g/mol. The average molecular weight is 212 g/mol. The van der Waals surface area contributed by atoms with Gasteiger partial charge < -0.3 is 15.8 Å². The number of ether oxygens (including phenoxy) is 1. The van der Waals surface area contributed by atoms with Crippen molar-refractivity contribution >= 4 is 5.91 Å². The molecular formula is C11H20N2O2. The Balaban J connectivity index is 1.59. The molecule has 1 saturated heterocycles. The number of nitrogens with one attached hydrogen (secondary N) is 1. The van der Waals surface area contributed by atoms with Gasteiger partial charge in [-0.05, 0) is 31.1 Å². The van der Waals surface area contributed by atoms with E-state index in [0.717, 1.165) is 19.6 Å². The van der Waals surface area contributed by atoms with Gasteiger partial charge in [-0.3, -0.25) is 4.79 Å². The van der Waals surface area contributed by atoms with Crippen molar-refractivity contribution in [2.24, 2.45) is 17.6 Å². The third-order valence-electron chi connectivity index (χ3n) is 3.26. The second-order valence-corrected chi connectivity index (χ2v) is 4.74. The lowest BCUT2D eigenvalue weighted by atomic mass is 10.0. The highest BCUT2D eigenvalue weighted by molar-refractivity contribution is 5.76. The van der Waals surface area contributed by atoms with Crippen LogP contribution >= 0.6 is 0 Å². The van der Waals surface area contributed by atoms with Crippen molar-refractivity contribution in [1.82, 2.24) is 5.32 Å². The van der Waals surface area contributed by atoms with E-state index in [2.05, 4.69) is 5.32 Å². The second kappa shape index (κ2) is 4.94. The zero-order valence-corrected chi connectivity index (χ0v) is 9.08. The summed E-state index contributed by atoms with van der Waals surface area (Å²) in [5.74, 6) is 1.20. The molecule has 0 aromatic rings. The number of amides is 1. The first-order valence-corrected chi connectivity index (χ1v) is 5.85. The van der Waals surface area contributed by atoms with Crippen molar-refractivity contribution in [3.8, 4) is 0 Å². The lowest BCUT2D eigenvalue weighted by Crippen LogP contribution is -2.39. The lowest BCUT2D eigenvalue weighted by molar-refractivity contribution is -0.122. The lowest BCUT2D eigenvalue weighted by Gasteiger charge is -2.12. The zero-order chi connectivity index (χ0) is 10.7. The Morgan fingerprint density at radius 2 is 2.27 bits per heavy atom. The molecule has 0 aromatic heterocycles. The van der Waals surface area contributed by atoms with Crippen LogP contribution in [-0.4, -0.2) is 31.7 Å². The van der Waals surface area contributed by atoms with Gasteiger partial charge in [-0.2, -0.15) is 0 Å². The van der Waals surface area contributed by atoms with Crippen LogP contribution in [0.15, 0.2) is 0 Å². The molecule has 2 atom stereocenters. The van der Waals surface area contributed by atoms with Crippen LogP contribution < -0.4 is 11.1 Å². The fraction of sp³-hybridized carbons (Fsp3) is 0.909. The monoisotopic (exact) mass is 212 g/mol. The number of hydrogen-bond donors (Lipinski definition) is 2.